The number of nitrogens with two attached hydrogens (primary N) is 2. The third kappa shape index (κ3) is 2.06. The van der Waals surface area contributed by atoms with Crippen LogP contribution in [-0.2, 0) is 0 Å². The fourth-order valence-corrected chi connectivity index (χ4v) is 1.76. The van der Waals surface area contributed by atoms with Crippen molar-refractivity contribution in [3.8, 4) is 0 Å². The van der Waals surface area contributed by atoms with Gasteiger partial charge in [0.15, 0.2) is 17.4 Å². The lowest BCUT2D eigenvalue weighted by Gasteiger charge is -2.13. The van der Waals surface area contributed by atoms with Crippen LogP contribution < -0.4 is 16.6 Å². The fourth-order valence-electron chi connectivity index (χ4n) is 1.76. The number of fused-ring (bicyclic) bond motifs is 1. The van der Waals surface area contributed by atoms with Crippen LogP contribution in [0.5, 0.6) is 0 Å². The summed E-state index contributed by atoms with van der Waals surface area (Å²) in [6.45, 7) is 3.38. The Morgan fingerprint density at radius 2 is 2.32 bits per heavy atom. The van der Waals surface area contributed by atoms with E-state index in [0.717, 1.165) is 17.3 Å². The molecule has 0 saturated heterocycles. The molecule has 6 nitrogen and oxygen atoms in total. The standard InChI is InChI=1S/C12H12FN5O/c1-2-9(19)7-5-16-11-10(7)8(13)6-17-12(11)18(15)4-3-14/h2-6,16H,1,14-15H2/b4-3-. The van der Waals surface area contributed by atoms with Crippen molar-refractivity contribution in [2.24, 2.45) is 11.6 Å². The molecule has 0 aromatic carbocycles. The minimum Gasteiger partial charge on any atom is -0.403 e. The molecular weight excluding hydrogens is 249 g/mol. The first-order valence-electron chi connectivity index (χ1n) is 5.34. The molecule has 0 unspecified atom stereocenters. The van der Waals surface area contributed by atoms with E-state index in [9.17, 15) is 9.18 Å². The number of halogens is 1. The normalized spacial score (nSPS) is 11.1. The Labute approximate surface area is 108 Å². The Kier molecular flexibility index (Phi) is 3.30. The number of nitrogens with one attached hydrogen (secondary N) is 1. The monoisotopic (exact) mass is 261 g/mol. The molecule has 2 aromatic heterocycles. The van der Waals surface area contributed by atoms with Gasteiger partial charge in [0.2, 0.25) is 0 Å². The van der Waals surface area contributed by atoms with Gasteiger partial charge in [-0.2, -0.15) is 0 Å². The second-order valence-corrected chi connectivity index (χ2v) is 3.70. The van der Waals surface area contributed by atoms with Gasteiger partial charge < -0.3 is 10.7 Å². The molecule has 5 N–H and O–H groups in total. The fraction of sp³-hybridized carbons (Fsp3) is 0. The number of carbonyl (C=O) groups is 1. The molecular formula is C12H12FN5O. The number of hydrogen-bond acceptors (Lipinski definition) is 5. The van der Waals surface area contributed by atoms with Crippen LogP contribution in [0.2, 0.25) is 0 Å². The van der Waals surface area contributed by atoms with Crippen LogP contribution >= 0.6 is 0 Å². The number of allylic oxidation sites excluding steroid dienone is 1. The number of hydrazine groups is 1. The number of H-pyrrole nitrogens is 1. The summed E-state index contributed by atoms with van der Waals surface area (Å²) in [5, 5.41) is 1.25. The van der Waals surface area contributed by atoms with Gasteiger partial charge >= 0.3 is 0 Å². The summed E-state index contributed by atoms with van der Waals surface area (Å²) in [4.78, 5) is 18.3. The Bertz CT molecular complexity index is 676. The van der Waals surface area contributed by atoms with Crippen molar-refractivity contribution in [1.29, 1.82) is 0 Å². The van der Waals surface area contributed by atoms with E-state index >= 15 is 0 Å². The van der Waals surface area contributed by atoms with Crippen LogP contribution in [0.3, 0.4) is 0 Å². The molecule has 0 amide bonds. The van der Waals surface area contributed by atoms with E-state index in [2.05, 4.69) is 16.5 Å². The van der Waals surface area contributed by atoms with Gasteiger partial charge in [0.25, 0.3) is 0 Å². The predicted octanol–water partition coefficient (Wildman–Crippen LogP) is 1.18. The first kappa shape index (κ1) is 12.8. The molecule has 0 fully saturated rings. The smallest absolute Gasteiger partial charge is 0.187 e. The first-order chi connectivity index (χ1) is 9.10. The third-order valence-corrected chi connectivity index (χ3v) is 2.58. The van der Waals surface area contributed by atoms with E-state index in [0.29, 0.717) is 5.52 Å². The highest BCUT2D eigenvalue weighted by Gasteiger charge is 2.18. The molecule has 2 rings (SSSR count). The number of ketones is 1. The lowest BCUT2D eigenvalue weighted by Crippen LogP contribution is -2.26. The maximum Gasteiger partial charge on any atom is 0.187 e. The molecule has 0 spiro atoms. The van der Waals surface area contributed by atoms with Gasteiger partial charge in [-0.1, -0.05) is 6.58 Å². The second-order valence-electron chi connectivity index (χ2n) is 3.70. The van der Waals surface area contributed by atoms with E-state index < -0.39 is 5.82 Å². The summed E-state index contributed by atoms with van der Waals surface area (Å²) in [7, 11) is 0. The third-order valence-electron chi connectivity index (χ3n) is 2.58. The van der Waals surface area contributed by atoms with Crippen molar-refractivity contribution in [2.75, 3.05) is 5.01 Å². The van der Waals surface area contributed by atoms with Crippen molar-refractivity contribution in [3.63, 3.8) is 0 Å². The van der Waals surface area contributed by atoms with Crippen LogP contribution in [0.4, 0.5) is 10.2 Å². The van der Waals surface area contributed by atoms with E-state index in [1.165, 1.54) is 18.6 Å². The molecule has 2 heterocycles. The summed E-state index contributed by atoms with van der Waals surface area (Å²) in [5.74, 6) is 4.94. The van der Waals surface area contributed by atoms with Gasteiger partial charge in [-0.3, -0.25) is 9.80 Å². The van der Waals surface area contributed by atoms with Crippen LogP contribution in [0.15, 0.2) is 37.4 Å². The van der Waals surface area contributed by atoms with Crippen LogP contribution in [0.1, 0.15) is 10.4 Å². The van der Waals surface area contributed by atoms with Crippen molar-refractivity contribution in [3.05, 3.63) is 48.8 Å². The van der Waals surface area contributed by atoms with Gasteiger partial charge in [0.05, 0.1) is 22.7 Å². The number of anilines is 1. The van der Waals surface area contributed by atoms with E-state index in [-0.39, 0.29) is 22.6 Å². The highest BCUT2D eigenvalue weighted by molar-refractivity contribution is 6.14. The zero-order chi connectivity index (χ0) is 14.0. The summed E-state index contributed by atoms with van der Waals surface area (Å²) in [6.07, 6.45) is 6.08. The maximum atomic E-state index is 13.8. The molecule has 0 saturated carbocycles. The lowest BCUT2D eigenvalue weighted by molar-refractivity contribution is 0.104. The minimum absolute atomic E-state index is 0.121. The Morgan fingerprint density at radius 1 is 1.58 bits per heavy atom. The number of aromatic nitrogens is 2. The average molecular weight is 261 g/mol. The molecule has 0 aliphatic rings. The molecule has 0 aliphatic carbocycles. The summed E-state index contributed by atoms with van der Waals surface area (Å²) in [5.41, 5.74) is 5.72. The number of nitrogens with zero attached hydrogens (tertiary/aromatic N) is 2. The zero-order valence-corrected chi connectivity index (χ0v) is 9.93. The molecule has 0 radical (unpaired) electrons. The lowest BCUT2D eigenvalue weighted by atomic mass is 10.1. The topological polar surface area (TPSA) is 101 Å². The summed E-state index contributed by atoms with van der Waals surface area (Å²) < 4.78 is 13.8. The molecule has 0 atom stereocenters. The minimum atomic E-state index is -0.615. The Morgan fingerprint density at radius 3 is 2.95 bits per heavy atom. The first-order valence-corrected chi connectivity index (χ1v) is 5.34. The zero-order valence-electron chi connectivity index (χ0n) is 9.93. The van der Waals surface area contributed by atoms with Gasteiger partial charge in [0.1, 0.15) is 0 Å². The van der Waals surface area contributed by atoms with Crippen LogP contribution in [-0.4, -0.2) is 15.8 Å². The van der Waals surface area contributed by atoms with Crippen molar-refractivity contribution in [1.82, 2.24) is 9.97 Å². The number of hydrogen-bond donors (Lipinski definition) is 3. The largest absolute Gasteiger partial charge is 0.403 e. The molecule has 7 heteroatoms. The number of rotatable bonds is 4. The molecule has 0 aliphatic heterocycles. The summed E-state index contributed by atoms with van der Waals surface area (Å²) in [6, 6.07) is 0. The number of pyridine rings is 1. The molecule has 98 valence electrons. The van der Waals surface area contributed by atoms with E-state index in [1.54, 1.807) is 0 Å². The highest BCUT2D eigenvalue weighted by Crippen LogP contribution is 2.28. The van der Waals surface area contributed by atoms with Crippen molar-refractivity contribution >= 4 is 22.5 Å². The predicted molar refractivity (Wildman–Crippen MR) is 70.6 cm³/mol. The quantitative estimate of drug-likeness (QED) is 0.332. The number of aromatic amines is 1. The molecule has 2 aromatic rings. The van der Waals surface area contributed by atoms with Crippen LogP contribution in [0.25, 0.3) is 10.9 Å². The van der Waals surface area contributed by atoms with Crippen molar-refractivity contribution < 1.29 is 9.18 Å². The van der Waals surface area contributed by atoms with E-state index in [4.69, 9.17) is 11.6 Å². The Hall–Kier alpha value is -2.67. The SMILES string of the molecule is C=CC(=O)c1c[nH]c2c(N(N)/C=C\N)ncc(F)c12. The molecule has 0 bridgehead atoms. The van der Waals surface area contributed by atoms with Gasteiger partial charge in [-0.05, 0) is 6.08 Å². The van der Waals surface area contributed by atoms with Crippen LogP contribution in [0, 0.1) is 5.82 Å². The van der Waals surface area contributed by atoms with Gasteiger partial charge in [-0.25, -0.2) is 15.2 Å². The molecule has 19 heavy (non-hydrogen) atoms. The highest BCUT2D eigenvalue weighted by atomic mass is 19.1. The Balaban J connectivity index is 2.71. The average Bonchev–Trinajstić information content (AvgIpc) is 2.84. The van der Waals surface area contributed by atoms with Gasteiger partial charge in [0, 0.05) is 18.6 Å². The van der Waals surface area contributed by atoms with E-state index in [1.807, 2.05) is 0 Å². The van der Waals surface area contributed by atoms with Gasteiger partial charge in [-0.15, -0.1) is 0 Å². The summed E-state index contributed by atoms with van der Waals surface area (Å²) >= 11 is 0. The van der Waals surface area contributed by atoms with Crippen molar-refractivity contribution in [2.45, 2.75) is 0 Å². The number of carbonyl (C=O) groups excluding carboxylic acids is 1. The second kappa shape index (κ2) is 4.91. The maximum absolute atomic E-state index is 13.8.